The molecule has 0 saturated heterocycles. The summed E-state index contributed by atoms with van der Waals surface area (Å²) in [5.41, 5.74) is 1.17. The lowest BCUT2D eigenvalue weighted by molar-refractivity contribution is 0.958. The molecule has 3 heteroatoms. The molecule has 1 nitrogen and oxygen atoms in total. The van der Waals surface area contributed by atoms with Crippen LogP contribution in [-0.2, 0) is 7.05 Å². The zero-order valence-electron chi connectivity index (χ0n) is 9.93. The summed E-state index contributed by atoms with van der Waals surface area (Å²) in [5.74, 6) is 0. The summed E-state index contributed by atoms with van der Waals surface area (Å²) in [4.78, 5) is 2.33. The summed E-state index contributed by atoms with van der Waals surface area (Å²) >= 11 is 8.14. The Morgan fingerprint density at radius 2 is 1.61 bits per heavy atom. The van der Waals surface area contributed by atoms with Gasteiger partial charge in [0.05, 0.1) is 10.4 Å². The molecule has 0 aliphatic rings. The minimum absolute atomic E-state index is 0.796. The molecule has 3 rings (SSSR count). The van der Waals surface area contributed by atoms with Crippen LogP contribution in [-0.4, -0.2) is 4.57 Å². The van der Waals surface area contributed by atoms with Gasteiger partial charge in [-0.15, -0.1) is 0 Å². The number of fused-ring (bicyclic) bond motifs is 1. The smallest absolute Gasteiger partial charge is 0.123 e. The third kappa shape index (κ3) is 1.92. The highest BCUT2D eigenvalue weighted by molar-refractivity contribution is 7.99. The third-order valence-electron chi connectivity index (χ3n) is 2.95. The van der Waals surface area contributed by atoms with Crippen molar-refractivity contribution in [3.8, 4) is 0 Å². The van der Waals surface area contributed by atoms with Gasteiger partial charge < -0.3 is 4.57 Å². The van der Waals surface area contributed by atoms with Gasteiger partial charge in [0.1, 0.15) is 5.15 Å². The number of para-hydroxylation sites is 1. The van der Waals surface area contributed by atoms with Crippen LogP contribution in [0.4, 0.5) is 0 Å². The maximum atomic E-state index is 6.43. The number of benzene rings is 2. The lowest BCUT2D eigenvalue weighted by Crippen LogP contribution is -1.85. The van der Waals surface area contributed by atoms with Crippen molar-refractivity contribution >= 4 is 34.3 Å². The molecule has 90 valence electrons. The zero-order chi connectivity index (χ0) is 12.5. The van der Waals surface area contributed by atoms with Gasteiger partial charge in [0, 0.05) is 17.3 Å². The fraction of sp³-hybridized carbons (Fsp3) is 0.0667. The molecular formula is C15H12ClNS. The van der Waals surface area contributed by atoms with E-state index in [0.717, 1.165) is 10.0 Å². The van der Waals surface area contributed by atoms with Gasteiger partial charge in [-0.25, -0.2) is 0 Å². The van der Waals surface area contributed by atoms with Gasteiger partial charge in [0.25, 0.3) is 0 Å². The van der Waals surface area contributed by atoms with Gasteiger partial charge in [0.2, 0.25) is 0 Å². The highest BCUT2D eigenvalue weighted by atomic mass is 35.5. The minimum Gasteiger partial charge on any atom is -0.334 e. The quantitative estimate of drug-likeness (QED) is 0.637. The summed E-state index contributed by atoms with van der Waals surface area (Å²) in [6.45, 7) is 0. The zero-order valence-corrected chi connectivity index (χ0v) is 11.5. The monoisotopic (exact) mass is 273 g/mol. The first-order chi connectivity index (χ1) is 8.77. The van der Waals surface area contributed by atoms with Gasteiger partial charge in [-0.2, -0.15) is 0 Å². The molecule has 3 aromatic rings. The summed E-state index contributed by atoms with van der Waals surface area (Å²) < 4.78 is 2.03. The Bertz CT molecular complexity index is 688. The summed E-state index contributed by atoms with van der Waals surface area (Å²) in [5, 5.41) is 2.00. The fourth-order valence-corrected chi connectivity index (χ4v) is 3.37. The second-order valence-corrected chi connectivity index (χ2v) is 5.55. The molecular weight excluding hydrogens is 262 g/mol. The molecule has 1 aromatic heterocycles. The number of hydrogen-bond donors (Lipinski definition) is 0. The first kappa shape index (κ1) is 11.7. The van der Waals surface area contributed by atoms with Crippen LogP contribution in [0.5, 0.6) is 0 Å². The molecule has 0 aliphatic heterocycles. The molecule has 0 fully saturated rings. The lowest BCUT2D eigenvalue weighted by atomic mass is 10.2. The number of aromatic nitrogens is 1. The second-order valence-electron chi connectivity index (χ2n) is 4.11. The number of hydrogen-bond acceptors (Lipinski definition) is 1. The molecule has 0 spiro atoms. The van der Waals surface area contributed by atoms with E-state index in [1.165, 1.54) is 15.8 Å². The van der Waals surface area contributed by atoms with Gasteiger partial charge in [-0.05, 0) is 18.2 Å². The van der Waals surface area contributed by atoms with Gasteiger partial charge >= 0.3 is 0 Å². The van der Waals surface area contributed by atoms with E-state index in [1.807, 2.05) is 41.9 Å². The molecule has 0 saturated carbocycles. The SMILES string of the molecule is Cn1c(Cl)c(Sc2ccccc2)c2ccccc21. The molecule has 2 aromatic carbocycles. The maximum Gasteiger partial charge on any atom is 0.123 e. The highest BCUT2D eigenvalue weighted by Gasteiger charge is 2.13. The largest absolute Gasteiger partial charge is 0.334 e. The van der Waals surface area contributed by atoms with E-state index in [2.05, 4.69) is 24.3 Å². The Balaban J connectivity index is 2.15. The first-order valence-corrected chi connectivity index (χ1v) is 6.92. The van der Waals surface area contributed by atoms with Crippen molar-refractivity contribution in [1.29, 1.82) is 0 Å². The lowest BCUT2D eigenvalue weighted by Gasteiger charge is -2.00. The molecule has 18 heavy (non-hydrogen) atoms. The number of nitrogens with zero attached hydrogens (tertiary/aromatic N) is 1. The summed E-state index contributed by atoms with van der Waals surface area (Å²) in [7, 11) is 2.00. The van der Waals surface area contributed by atoms with E-state index in [1.54, 1.807) is 11.8 Å². The Morgan fingerprint density at radius 3 is 2.39 bits per heavy atom. The van der Waals surface area contributed by atoms with Gasteiger partial charge in [-0.3, -0.25) is 0 Å². The number of aryl methyl sites for hydroxylation is 1. The topological polar surface area (TPSA) is 4.93 Å². The van der Waals surface area contributed by atoms with Gasteiger partial charge in [-0.1, -0.05) is 59.8 Å². The number of rotatable bonds is 2. The molecule has 1 heterocycles. The predicted molar refractivity (Wildman–Crippen MR) is 78.5 cm³/mol. The van der Waals surface area contributed by atoms with Crippen LogP contribution in [0.3, 0.4) is 0 Å². The van der Waals surface area contributed by atoms with Crippen molar-refractivity contribution in [1.82, 2.24) is 4.57 Å². The Labute approximate surface area is 115 Å². The van der Waals surface area contributed by atoms with Crippen molar-refractivity contribution in [3.05, 3.63) is 59.8 Å². The van der Waals surface area contributed by atoms with Crippen molar-refractivity contribution in [3.63, 3.8) is 0 Å². The highest BCUT2D eigenvalue weighted by Crippen LogP contribution is 2.40. The van der Waals surface area contributed by atoms with E-state index in [-0.39, 0.29) is 0 Å². The molecule has 0 unspecified atom stereocenters. The van der Waals surface area contributed by atoms with E-state index in [9.17, 15) is 0 Å². The molecule has 0 bridgehead atoms. The molecule has 0 N–H and O–H groups in total. The number of halogens is 1. The second kappa shape index (κ2) is 4.71. The Kier molecular flexibility index (Phi) is 3.06. The van der Waals surface area contributed by atoms with E-state index in [0.29, 0.717) is 0 Å². The van der Waals surface area contributed by atoms with Crippen LogP contribution in [0.15, 0.2) is 64.4 Å². The third-order valence-corrected chi connectivity index (χ3v) is 4.63. The maximum absolute atomic E-state index is 6.43. The Morgan fingerprint density at radius 1 is 0.944 bits per heavy atom. The predicted octanol–water partition coefficient (Wildman–Crippen LogP) is 4.98. The van der Waals surface area contributed by atoms with Gasteiger partial charge in [0.15, 0.2) is 0 Å². The normalized spacial score (nSPS) is 11.0. The first-order valence-electron chi connectivity index (χ1n) is 5.73. The van der Waals surface area contributed by atoms with E-state index in [4.69, 9.17) is 11.6 Å². The van der Waals surface area contributed by atoms with E-state index >= 15 is 0 Å². The van der Waals surface area contributed by atoms with Crippen LogP contribution in [0.1, 0.15) is 0 Å². The summed E-state index contributed by atoms with van der Waals surface area (Å²) in [6.07, 6.45) is 0. The molecule has 0 atom stereocenters. The van der Waals surface area contributed by atoms with E-state index < -0.39 is 0 Å². The Hall–Kier alpha value is -1.38. The molecule has 0 aliphatic carbocycles. The average Bonchev–Trinajstić information content (AvgIpc) is 2.66. The van der Waals surface area contributed by atoms with Crippen LogP contribution >= 0.6 is 23.4 Å². The van der Waals surface area contributed by atoms with Crippen LogP contribution in [0.2, 0.25) is 5.15 Å². The van der Waals surface area contributed by atoms with Crippen LogP contribution in [0, 0.1) is 0 Å². The van der Waals surface area contributed by atoms with Crippen LogP contribution in [0.25, 0.3) is 10.9 Å². The molecule has 0 amide bonds. The average molecular weight is 274 g/mol. The van der Waals surface area contributed by atoms with Crippen molar-refractivity contribution in [2.75, 3.05) is 0 Å². The van der Waals surface area contributed by atoms with Crippen molar-refractivity contribution in [2.45, 2.75) is 9.79 Å². The van der Waals surface area contributed by atoms with Crippen molar-refractivity contribution < 1.29 is 0 Å². The standard InChI is InChI=1S/C15H12ClNS/c1-17-13-10-6-5-9-12(13)14(15(17)16)18-11-7-3-2-4-8-11/h2-10H,1H3. The molecule has 0 radical (unpaired) electrons. The minimum atomic E-state index is 0.796. The van der Waals surface area contributed by atoms with Crippen LogP contribution < -0.4 is 0 Å². The summed E-state index contributed by atoms with van der Waals surface area (Å²) in [6, 6.07) is 18.6. The van der Waals surface area contributed by atoms with Crippen molar-refractivity contribution in [2.24, 2.45) is 7.05 Å². The fourth-order valence-electron chi connectivity index (χ4n) is 2.03.